The van der Waals surface area contributed by atoms with Crippen LogP contribution in [-0.2, 0) is 6.42 Å². The van der Waals surface area contributed by atoms with Gasteiger partial charge in [-0.1, -0.05) is 13.0 Å². The van der Waals surface area contributed by atoms with Crippen molar-refractivity contribution in [1.82, 2.24) is 10.2 Å². The molecule has 1 aliphatic heterocycles. The lowest BCUT2D eigenvalue weighted by molar-refractivity contribution is 0.197. The molecule has 0 saturated carbocycles. The van der Waals surface area contributed by atoms with Crippen molar-refractivity contribution in [2.45, 2.75) is 26.2 Å². The van der Waals surface area contributed by atoms with Gasteiger partial charge in [-0.15, -0.1) is 11.3 Å². The molecule has 2 rings (SSSR count). The second kappa shape index (κ2) is 8.27. The molecule has 1 saturated heterocycles. The largest absolute Gasteiger partial charge is 0.370 e. The normalized spacial score (nSPS) is 18.4. The maximum absolute atomic E-state index is 5.87. The van der Waals surface area contributed by atoms with E-state index in [-0.39, 0.29) is 0 Å². The average molecular weight is 294 g/mol. The Kier molecular flexibility index (Phi) is 6.33. The summed E-state index contributed by atoms with van der Waals surface area (Å²) in [5, 5.41) is 5.29. The van der Waals surface area contributed by atoms with Gasteiger partial charge in [0.25, 0.3) is 0 Å². The molecule has 1 fully saturated rings. The van der Waals surface area contributed by atoms with Crippen LogP contribution in [0.3, 0.4) is 0 Å². The predicted octanol–water partition coefficient (Wildman–Crippen LogP) is 1.93. The van der Waals surface area contributed by atoms with Crippen LogP contribution in [0, 0.1) is 5.92 Å². The van der Waals surface area contributed by atoms with Crippen LogP contribution in [0.4, 0.5) is 0 Å². The van der Waals surface area contributed by atoms with Gasteiger partial charge in [-0.25, -0.2) is 0 Å². The third kappa shape index (κ3) is 5.51. The minimum absolute atomic E-state index is 0.576. The molecule has 0 aliphatic carbocycles. The van der Waals surface area contributed by atoms with Crippen LogP contribution in [0.15, 0.2) is 22.5 Å². The highest BCUT2D eigenvalue weighted by Gasteiger charge is 2.14. The van der Waals surface area contributed by atoms with Crippen molar-refractivity contribution in [2.24, 2.45) is 16.6 Å². The lowest BCUT2D eigenvalue weighted by Crippen LogP contribution is -2.36. The second-order valence-electron chi connectivity index (χ2n) is 5.55. The zero-order valence-electron chi connectivity index (χ0n) is 12.3. The van der Waals surface area contributed by atoms with Gasteiger partial charge in [0, 0.05) is 18.0 Å². The molecule has 0 radical (unpaired) electrons. The first-order valence-electron chi connectivity index (χ1n) is 7.52. The van der Waals surface area contributed by atoms with Gasteiger partial charge in [0.05, 0.1) is 6.54 Å². The van der Waals surface area contributed by atoms with Crippen molar-refractivity contribution >= 4 is 17.3 Å². The first-order chi connectivity index (χ1) is 9.74. The molecule has 0 aromatic carbocycles. The summed E-state index contributed by atoms with van der Waals surface area (Å²) in [7, 11) is 0. The molecular weight excluding hydrogens is 268 g/mol. The van der Waals surface area contributed by atoms with E-state index in [2.05, 4.69) is 39.6 Å². The fourth-order valence-electron chi connectivity index (χ4n) is 2.42. The quantitative estimate of drug-likeness (QED) is 0.622. The van der Waals surface area contributed by atoms with Crippen molar-refractivity contribution in [3.05, 3.63) is 22.4 Å². The molecule has 5 heteroatoms. The molecule has 1 aromatic rings. The molecule has 3 N–H and O–H groups in total. The van der Waals surface area contributed by atoms with Crippen molar-refractivity contribution in [3.63, 3.8) is 0 Å². The molecule has 0 unspecified atom stereocenters. The van der Waals surface area contributed by atoms with Crippen LogP contribution in [0.1, 0.15) is 24.6 Å². The lowest BCUT2D eigenvalue weighted by atomic mass is 9.99. The van der Waals surface area contributed by atoms with E-state index in [1.54, 1.807) is 11.3 Å². The summed E-state index contributed by atoms with van der Waals surface area (Å²) >= 11 is 1.78. The van der Waals surface area contributed by atoms with E-state index >= 15 is 0 Å². The summed E-state index contributed by atoms with van der Waals surface area (Å²) in [4.78, 5) is 8.27. The van der Waals surface area contributed by atoms with Gasteiger partial charge in [0.2, 0.25) is 0 Å². The summed E-state index contributed by atoms with van der Waals surface area (Å²) in [6.07, 6.45) is 3.65. The number of nitrogens with two attached hydrogens (primary N) is 1. The zero-order chi connectivity index (χ0) is 14.2. The highest BCUT2D eigenvalue weighted by molar-refractivity contribution is 7.09. The Morgan fingerprint density at radius 2 is 2.30 bits per heavy atom. The Morgan fingerprint density at radius 1 is 1.50 bits per heavy atom. The number of guanidine groups is 1. The third-order valence-electron chi connectivity index (χ3n) is 3.83. The monoisotopic (exact) mass is 294 g/mol. The number of aliphatic imine (C=N–C) groups is 1. The molecule has 4 nitrogen and oxygen atoms in total. The highest BCUT2D eigenvalue weighted by atomic mass is 32.1. The summed E-state index contributed by atoms with van der Waals surface area (Å²) < 4.78 is 0. The first-order valence-corrected chi connectivity index (χ1v) is 8.40. The molecule has 0 amide bonds. The van der Waals surface area contributed by atoms with Crippen LogP contribution < -0.4 is 11.1 Å². The van der Waals surface area contributed by atoms with Crippen LogP contribution in [-0.4, -0.2) is 43.6 Å². The van der Waals surface area contributed by atoms with Gasteiger partial charge >= 0.3 is 0 Å². The minimum Gasteiger partial charge on any atom is -0.370 e. The molecular formula is C15H26N4S. The molecule has 2 heterocycles. The Labute approximate surface area is 126 Å². The van der Waals surface area contributed by atoms with E-state index in [0.717, 1.165) is 32.0 Å². The second-order valence-corrected chi connectivity index (χ2v) is 6.58. The Hall–Kier alpha value is -1.07. The molecule has 1 aliphatic rings. The van der Waals surface area contributed by atoms with Crippen molar-refractivity contribution in [1.29, 1.82) is 0 Å². The van der Waals surface area contributed by atoms with Gasteiger partial charge in [-0.2, -0.15) is 0 Å². The Bertz CT molecular complexity index is 394. The number of hydrogen-bond donors (Lipinski definition) is 2. The number of hydrogen-bond acceptors (Lipinski definition) is 3. The fraction of sp³-hybridized carbons (Fsp3) is 0.667. The van der Waals surface area contributed by atoms with Crippen molar-refractivity contribution in [2.75, 3.05) is 32.7 Å². The third-order valence-corrected chi connectivity index (χ3v) is 4.77. The Morgan fingerprint density at radius 3 is 3.00 bits per heavy atom. The van der Waals surface area contributed by atoms with E-state index in [1.807, 2.05) is 0 Å². The number of rotatable bonds is 6. The average Bonchev–Trinajstić information content (AvgIpc) is 2.94. The summed E-state index contributed by atoms with van der Waals surface area (Å²) in [6.45, 7) is 7.44. The molecule has 0 spiro atoms. The molecule has 0 atom stereocenters. The van der Waals surface area contributed by atoms with E-state index in [0.29, 0.717) is 5.96 Å². The maximum atomic E-state index is 5.87. The fourth-order valence-corrected chi connectivity index (χ4v) is 3.13. The smallest absolute Gasteiger partial charge is 0.188 e. The highest BCUT2D eigenvalue weighted by Crippen LogP contribution is 2.15. The standard InChI is InChI=1S/C15H26N4S/c1-13-5-9-19(10-6-13)11-8-18-15(16)17-7-4-14-3-2-12-20-14/h2-3,12-13H,4-11H2,1H3,(H3,16,17,18). The SMILES string of the molecule is CC1CCN(CCN=C(N)NCCc2cccs2)CC1. The van der Waals surface area contributed by atoms with E-state index in [1.165, 1.54) is 30.8 Å². The minimum atomic E-state index is 0.576. The van der Waals surface area contributed by atoms with Crippen molar-refractivity contribution < 1.29 is 0 Å². The molecule has 0 bridgehead atoms. The summed E-state index contributed by atoms with van der Waals surface area (Å²) in [5.74, 6) is 1.46. The number of thiophene rings is 1. The first kappa shape index (κ1) is 15.3. The predicted molar refractivity (Wildman–Crippen MR) is 87.4 cm³/mol. The van der Waals surface area contributed by atoms with Crippen LogP contribution >= 0.6 is 11.3 Å². The molecule has 112 valence electrons. The number of likely N-dealkylation sites (tertiary alicyclic amines) is 1. The van der Waals surface area contributed by atoms with E-state index in [4.69, 9.17) is 5.73 Å². The van der Waals surface area contributed by atoms with Gasteiger partial charge in [0.1, 0.15) is 0 Å². The lowest BCUT2D eigenvalue weighted by Gasteiger charge is -2.29. The topological polar surface area (TPSA) is 53.6 Å². The van der Waals surface area contributed by atoms with Crippen LogP contribution in [0.25, 0.3) is 0 Å². The van der Waals surface area contributed by atoms with Gasteiger partial charge in [-0.05, 0) is 49.7 Å². The maximum Gasteiger partial charge on any atom is 0.188 e. The van der Waals surface area contributed by atoms with Crippen LogP contribution in [0.2, 0.25) is 0 Å². The number of piperidine rings is 1. The summed E-state index contributed by atoms with van der Waals surface area (Å²) in [5.41, 5.74) is 5.87. The van der Waals surface area contributed by atoms with Crippen molar-refractivity contribution in [3.8, 4) is 0 Å². The van der Waals surface area contributed by atoms with E-state index in [9.17, 15) is 0 Å². The molecule has 1 aromatic heterocycles. The Balaban J connectivity index is 1.56. The van der Waals surface area contributed by atoms with Gasteiger partial charge in [0.15, 0.2) is 5.96 Å². The van der Waals surface area contributed by atoms with Crippen LogP contribution in [0.5, 0.6) is 0 Å². The number of nitrogens with one attached hydrogen (secondary N) is 1. The van der Waals surface area contributed by atoms with Gasteiger partial charge in [-0.3, -0.25) is 4.99 Å². The summed E-state index contributed by atoms with van der Waals surface area (Å²) in [6, 6.07) is 4.23. The molecule has 20 heavy (non-hydrogen) atoms. The van der Waals surface area contributed by atoms with E-state index < -0.39 is 0 Å². The number of nitrogens with zero attached hydrogens (tertiary/aromatic N) is 2. The van der Waals surface area contributed by atoms with Gasteiger partial charge < -0.3 is 16.0 Å². The zero-order valence-corrected chi connectivity index (χ0v) is 13.2.